The molecule has 2 aliphatic heterocycles. The van der Waals surface area contributed by atoms with Gasteiger partial charge in [-0.2, -0.15) is 5.26 Å². The van der Waals surface area contributed by atoms with Crippen molar-refractivity contribution in [1.29, 1.82) is 5.26 Å². The number of hydrogen-bond donors (Lipinski definition) is 0. The monoisotopic (exact) mass is 295 g/mol. The minimum Gasteiger partial charge on any atom is -0.366 e. The minimum absolute atomic E-state index is 0.267. The van der Waals surface area contributed by atoms with Crippen molar-refractivity contribution < 1.29 is 0 Å². The molecule has 21 heavy (non-hydrogen) atoms. The molecule has 1 fully saturated rings. The molecule has 3 heterocycles. The van der Waals surface area contributed by atoms with Gasteiger partial charge in [0.05, 0.1) is 12.1 Å². The molecule has 2 atom stereocenters. The first-order chi connectivity index (χ1) is 10.2. The first kappa shape index (κ1) is 12.8. The Balaban J connectivity index is 1.91. The molecule has 1 saturated heterocycles. The van der Waals surface area contributed by atoms with Crippen molar-refractivity contribution in [3.8, 4) is 6.07 Å². The van der Waals surface area contributed by atoms with E-state index in [0.29, 0.717) is 0 Å². The van der Waals surface area contributed by atoms with E-state index in [4.69, 9.17) is 0 Å². The van der Waals surface area contributed by atoms with E-state index in [2.05, 4.69) is 45.6 Å². The van der Waals surface area contributed by atoms with Gasteiger partial charge >= 0.3 is 0 Å². The van der Waals surface area contributed by atoms with Gasteiger partial charge in [0.2, 0.25) is 0 Å². The van der Waals surface area contributed by atoms with E-state index >= 15 is 0 Å². The Bertz CT molecular complexity index is 730. The number of nitriles is 1. The van der Waals surface area contributed by atoms with Gasteiger partial charge in [-0.05, 0) is 31.4 Å². The highest BCUT2D eigenvalue weighted by Crippen LogP contribution is 2.47. The van der Waals surface area contributed by atoms with E-state index in [0.717, 1.165) is 36.5 Å². The molecule has 0 aliphatic carbocycles. The van der Waals surface area contributed by atoms with Crippen LogP contribution in [0.15, 0.2) is 29.6 Å². The lowest BCUT2D eigenvalue weighted by Crippen LogP contribution is -2.51. The van der Waals surface area contributed by atoms with Crippen molar-refractivity contribution in [2.24, 2.45) is 0 Å². The lowest BCUT2D eigenvalue weighted by Gasteiger charge is -2.43. The molecule has 4 rings (SSSR count). The fraction of sp³-hybridized carbons (Fsp3) is 0.412. The highest BCUT2D eigenvalue weighted by Gasteiger charge is 2.51. The van der Waals surface area contributed by atoms with Gasteiger partial charge in [-0.25, -0.2) is 4.98 Å². The van der Waals surface area contributed by atoms with Gasteiger partial charge in [0, 0.05) is 29.7 Å². The summed E-state index contributed by atoms with van der Waals surface area (Å²) in [6.45, 7) is 3.06. The highest BCUT2D eigenvalue weighted by atomic mass is 32.1. The van der Waals surface area contributed by atoms with Gasteiger partial charge in [0.15, 0.2) is 0 Å². The van der Waals surface area contributed by atoms with Crippen LogP contribution in [0.5, 0.6) is 0 Å². The standard InChI is InChI=1S/C17H17N3S/c1-12-10-21-16(19-12)17(11-18)9-13-5-2-3-6-14(13)20-8-4-7-15(17)20/h2-3,5-6,10,15H,4,7-9H2,1H3/t15-,17-/m1/s1. The number of para-hydroxylation sites is 1. The summed E-state index contributed by atoms with van der Waals surface area (Å²) in [4.78, 5) is 7.12. The summed E-state index contributed by atoms with van der Waals surface area (Å²) in [6.07, 6.45) is 3.03. The molecule has 2 aliphatic rings. The van der Waals surface area contributed by atoms with Gasteiger partial charge in [0.1, 0.15) is 10.4 Å². The third-order valence-electron chi connectivity index (χ3n) is 4.79. The summed E-state index contributed by atoms with van der Waals surface area (Å²) in [5, 5.41) is 13.1. The van der Waals surface area contributed by atoms with Gasteiger partial charge in [0.25, 0.3) is 0 Å². The molecule has 0 amide bonds. The molecule has 1 aromatic heterocycles. The summed E-state index contributed by atoms with van der Waals surface area (Å²) in [5.41, 5.74) is 3.14. The lowest BCUT2D eigenvalue weighted by molar-refractivity contribution is 0.408. The number of nitrogens with zero attached hydrogens (tertiary/aromatic N) is 3. The molecule has 4 heteroatoms. The predicted octanol–water partition coefficient (Wildman–Crippen LogP) is 3.44. The molecule has 2 aromatic rings. The molecule has 3 nitrogen and oxygen atoms in total. The molecule has 1 aromatic carbocycles. The van der Waals surface area contributed by atoms with Crippen LogP contribution in [0.2, 0.25) is 0 Å². The summed E-state index contributed by atoms with van der Waals surface area (Å²) < 4.78 is 0. The van der Waals surface area contributed by atoms with E-state index < -0.39 is 5.41 Å². The molecule has 0 radical (unpaired) electrons. The highest BCUT2D eigenvalue weighted by molar-refractivity contribution is 7.09. The maximum Gasteiger partial charge on any atom is 0.133 e. The Labute approximate surface area is 128 Å². The molecule has 0 bridgehead atoms. The fourth-order valence-electron chi connectivity index (χ4n) is 3.87. The average molecular weight is 295 g/mol. The molecular formula is C17H17N3S. The first-order valence-electron chi connectivity index (χ1n) is 7.43. The zero-order valence-electron chi connectivity index (χ0n) is 12.0. The summed E-state index contributed by atoms with van der Waals surface area (Å²) in [5.74, 6) is 0. The number of thiazole rings is 1. The van der Waals surface area contributed by atoms with E-state index in [-0.39, 0.29) is 6.04 Å². The topological polar surface area (TPSA) is 39.9 Å². The van der Waals surface area contributed by atoms with Crippen molar-refractivity contribution in [2.45, 2.75) is 37.6 Å². The maximum atomic E-state index is 10.1. The van der Waals surface area contributed by atoms with Crippen LogP contribution in [-0.4, -0.2) is 17.6 Å². The normalized spacial score (nSPS) is 27.0. The number of anilines is 1. The zero-order valence-corrected chi connectivity index (χ0v) is 12.9. The third-order valence-corrected chi connectivity index (χ3v) is 5.93. The molecule has 0 unspecified atom stereocenters. The zero-order chi connectivity index (χ0) is 14.4. The molecular weight excluding hydrogens is 278 g/mol. The Kier molecular flexibility index (Phi) is 2.80. The summed E-state index contributed by atoms with van der Waals surface area (Å²) >= 11 is 1.64. The summed E-state index contributed by atoms with van der Waals surface area (Å²) in [6, 6.07) is 11.5. The van der Waals surface area contributed by atoms with Gasteiger partial charge in [-0.3, -0.25) is 0 Å². The van der Waals surface area contributed by atoms with Gasteiger partial charge in [-0.1, -0.05) is 18.2 Å². The number of aryl methyl sites for hydroxylation is 1. The first-order valence-corrected chi connectivity index (χ1v) is 8.31. The summed E-state index contributed by atoms with van der Waals surface area (Å²) in [7, 11) is 0. The van der Waals surface area contributed by atoms with Gasteiger partial charge in [-0.15, -0.1) is 11.3 Å². The number of fused-ring (bicyclic) bond motifs is 3. The quantitative estimate of drug-likeness (QED) is 0.809. The third kappa shape index (κ3) is 1.74. The largest absolute Gasteiger partial charge is 0.366 e. The smallest absolute Gasteiger partial charge is 0.133 e. The van der Waals surface area contributed by atoms with Crippen LogP contribution in [0, 0.1) is 18.3 Å². The molecule has 0 spiro atoms. The van der Waals surface area contributed by atoms with E-state index in [9.17, 15) is 5.26 Å². The van der Waals surface area contributed by atoms with Crippen LogP contribution < -0.4 is 4.90 Å². The van der Waals surface area contributed by atoms with Crippen molar-refractivity contribution in [1.82, 2.24) is 4.98 Å². The lowest BCUT2D eigenvalue weighted by atomic mass is 9.72. The van der Waals surface area contributed by atoms with Crippen LogP contribution >= 0.6 is 11.3 Å². The van der Waals surface area contributed by atoms with E-state index in [1.165, 1.54) is 11.3 Å². The molecule has 0 saturated carbocycles. The Hall–Kier alpha value is -1.86. The SMILES string of the molecule is Cc1csc([C@@]2(C#N)Cc3ccccc3N3CCC[C@@H]32)n1. The van der Waals surface area contributed by atoms with E-state index in [1.807, 2.05) is 6.92 Å². The number of benzene rings is 1. The average Bonchev–Trinajstić information content (AvgIpc) is 3.15. The predicted molar refractivity (Wildman–Crippen MR) is 84.7 cm³/mol. The van der Waals surface area contributed by atoms with Gasteiger partial charge < -0.3 is 4.90 Å². The van der Waals surface area contributed by atoms with Crippen LogP contribution in [0.1, 0.15) is 29.1 Å². The van der Waals surface area contributed by atoms with Crippen molar-refractivity contribution >= 4 is 17.0 Å². The Morgan fingerprint density at radius 1 is 1.43 bits per heavy atom. The van der Waals surface area contributed by atoms with E-state index in [1.54, 1.807) is 11.3 Å². The Morgan fingerprint density at radius 3 is 3.05 bits per heavy atom. The van der Waals surface area contributed by atoms with Crippen molar-refractivity contribution in [3.05, 3.63) is 45.9 Å². The van der Waals surface area contributed by atoms with Crippen LogP contribution in [-0.2, 0) is 11.8 Å². The molecule has 0 N–H and O–H groups in total. The number of aromatic nitrogens is 1. The van der Waals surface area contributed by atoms with Crippen LogP contribution in [0.25, 0.3) is 0 Å². The van der Waals surface area contributed by atoms with Crippen LogP contribution in [0.3, 0.4) is 0 Å². The number of rotatable bonds is 1. The second kappa shape index (κ2) is 4.57. The van der Waals surface area contributed by atoms with Crippen molar-refractivity contribution in [2.75, 3.05) is 11.4 Å². The fourth-order valence-corrected chi connectivity index (χ4v) is 4.86. The second-order valence-corrected chi connectivity index (χ2v) is 6.89. The molecule has 106 valence electrons. The minimum atomic E-state index is -0.482. The Morgan fingerprint density at radius 2 is 2.29 bits per heavy atom. The van der Waals surface area contributed by atoms with Crippen molar-refractivity contribution in [3.63, 3.8) is 0 Å². The number of hydrogen-bond acceptors (Lipinski definition) is 4. The second-order valence-electron chi connectivity index (χ2n) is 6.03. The van der Waals surface area contributed by atoms with Crippen LogP contribution in [0.4, 0.5) is 5.69 Å². The maximum absolute atomic E-state index is 10.1.